The third-order valence-corrected chi connectivity index (χ3v) is 6.07. The lowest BCUT2D eigenvalue weighted by molar-refractivity contribution is 0.0729. The summed E-state index contributed by atoms with van der Waals surface area (Å²) in [6, 6.07) is 22.6. The van der Waals surface area contributed by atoms with Gasteiger partial charge in [0.15, 0.2) is 0 Å². The predicted octanol–water partition coefficient (Wildman–Crippen LogP) is 6.57. The molecule has 1 amide bonds. The van der Waals surface area contributed by atoms with Crippen molar-refractivity contribution < 1.29 is 13.9 Å². The van der Waals surface area contributed by atoms with Gasteiger partial charge in [-0.25, -0.2) is 9.07 Å². The standard InChI is InChI=1S/C27H23ClFN3O2/c1-18-25(17-31(22-14-15-22)26(33)19-6-3-2-4-7-19)27(34-24-9-5-8-21(29)16-24)32(30-18)23-12-10-20(28)11-13-23/h2-13,16,22H,14-15,17H2,1H3. The Kier molecular flexibility index (Phi) is 6.07. The van der Waals surface area contributed by atoms with Gasteiger partial charge in [0.1, 0.15) is 11.6 Å². The number of nitrogens with zero attached hydrogens (tertiary/aromatic N) is 3. The number of rotatable bonds is 7. The molecular weight excluding hydrogens is 453 g/mol. The average molecular weight is 476 g/mol. The Morgan fingerprint density at radius 1 is 1.09 bits per heavy atom. The molecule has 0 aliphatic heterocycles. The summed E-state index contributed by atoms with van der Waals surface area (Å²) >= 11 is 6.08. The number of ether oxygens (including phenoxy) is 1. The molecule has 0 atom stereocenters. The van der Waals surface area contributed by atoms with Crippen molar-refractivity contribution in [3.63, 3.8) is 0 Å². The van der Waals surface area contributed by atoms with E-state index in [9.17, 15) is 9.18 Å². The lowest BCUT2D eigenvalue weighted by Gasteiger charge is -2.23. The van der Waals surface area contributed by atoms with E-state index in [1.807, 2.05) is 54.3 Å². The molecule has 1 fully saturated rings. The molecule has 1 aliphatic carbocycles. The first-order chi connectivity index (χ1) is 16.5. The fourth-order valence-corrected chi connectivity index (χ4v) is 4.02. The molecule has 0 saturated heterocycles. The highest BCUT2D eigenvalue weighted by molar-refractivity contribution is 6.30. The number of benzene rings is 3. The normalized spacial score (nSPS) is 13.0. The molecule has 7 heteroatoms. The van der Waals surface area contributed by atoms with Gasteiger partial charge in [-0.3, -0.25) is 4.79 Å². The Balaban J connectivity index is 1.56. The molecule has 1 saturated carbocycles. The summed E-state index contributed by atoms with van der Waals surface area (Å²) < 4.78 is 21.8. The number of hydrogen-bond acceptors (Lipinski definition) is 3. The van der Waals surface area contributed by atoms with E-state index in [-0.39, 0.29) is 11.9 Å². The lowest BCUT2D eigenvalue weighted by atomic mass is 10.1. The Morgan fingerprint density at radius 2 is 1.82 bits per heavy atom. The van der Waals surface area contributed by atoms with Crippen molar-refractivity contribution in [2.75, 3.05) is 0 Å². The molecule has 1 aromatic heterocycles. The fraction of sp³-hybridized carbons (Fsp3) is 0.185. The maximum absolute atomic E-state index is 13.9. The van der Waals surface area contributed by atoms with Crippen molar-refractivity contribution in [2.24, 2.45) is 0 Å². The van der Waals surface area contributed by atoms with Crippen molar-refractivity contribution in [3.05, 3.63) is 107 Å². The average Bonchev–Trinajstić information content (AvgIpc) is 3.64. The van der Waals surface area contributed by atoms with E-state index in [0.717, 1.165) is 29.8 Å². The maximum Gasteiger partial charge on any atom is 0.254 e. The molecule has 172 valence electrons. The minimum Gasteiger partial charge on any atom is -0.438 e. The van der Waals surface area contributed by atoms with Gasteiger partial charge >= 0.3 is 0 Å². The second-order valence-electron chi connectivity index (χ2n) is 8.35. The van der Waals surface area contributed by atoms with Crippen LogP contribution in [0.15, 0.2) is 78.9 Å². The minimum atomic E-state index is -0.396. The zero-order valence-electron chi connectivity index (χ0n) is 18.6. The molecule has 0 spiro atoms. The van der Waals surface area contributed by atoms with Crippen LogP contribution in [0.4, 0.5) is 4.39 Å². The SMILES string of the molecule is Cc1nn(-c2ccc(Cl)cc2)c(Oc2cccc(F)c2)c1CN(C(=O)c1ccccc1)C1CC1. The molecular formula is C27H23ClFN3O2. The summed E-state index contributed by atoms with van der Waals surface area (Å²) in [6.07, 6.45) is 1.92. The molecule has 0 radical (unpaired) electrons. The molecule has 0 bridgehead atoms. The van der Waals surface area contributed by atoms with Gasteiger partial charge < -0.3 is 9.64 Å². The third-order valence-electron chi connectivity index (χ3n) is 5.82. The van der Waals surface area contributed by atoms with Gasteiger partial charge in [0.2, 0.25) is 5.88 Å². The topological polar surface area (TPSA) is 47.4 Å². The van der Waals surface area contributed by atoms with Crippen LogP contribution in [-0.2, 0) is 6.54 Å². The van der Waals surface area contributed by atoms with Crippen LogP contribution < -0.4 is 4.74 Å². The van der Waals surface area contributed by atoms with Crippen LogP contribution in [0.3, 0.4) is 0 Å². The Morgan fingerprint density at radius 3 is 2.50 bits per heavy atom. The van der Waals surface area contributed by atoms with Gasteiger partial charge in [-0.1, -0.05) is 35.9 Å². The smallest absolute Gasteiger partial charge is 0.254 e. The van der Waals surface area contributed by atoms with Gasteiger partial charge in [0.25, 0.3) is 5.91 Å². The van der Waals surface area contributed by atoms with E-state index in [1.54, 1.807) is 28.9 Å². The van der Waals surface area contributed by atoms with Crippen LogP contribution >= 0.6 is 11.6 Å². The highest BCUT2D eigenvalue weighted by Gasteiger charge is 2.35. The molecule has 3 aromatic carbocycles. The Hall–Kier alpha value is -3.64. The predicted molar refractivity (Wildman–Crippen MR) is 129 cm³/mol. The quantitative estimate of drug-likeness (QED) is 0.303. The lowest BCUT2D eigenvalue weighted by Crippen LogP contribution is -2.32. The highest BCUT2D eigenvalue weighted by atomic mass is 35.5. The van der Waals surface area contributed by atoms with Crippen LogP contribution in [0.5, 0.6) is 11.6 Å². The van der Waals surface area contributed by atoms with E-state index in [4.69, 9.17) is 21.4 Å². The van der Waals surface area contributed by atoms with Crippen molar-refractivity contribution in [1.29, 1.82) is 0 Å². The Labute approximate surface area is 202 Å². The number of aryl methyl sites for hydroxylation is 1. The summed E-state index contributed by atoms with van der Waals surface area (Å²) in [5.41, 5.74) is 2.89. The van der Waals surface area contributed by atoms with E-state index in [0.29, 0.717) is 28.8 Å². The first-order valence-electron chi connectivity index (χ1n) is 11.1. The van der Waals surface area contributed by atoms with E-state index >= 15 is 0 Å². The summed E-state index contributed by atoms with van der Waals surface area (Å²) in [5, 5.41) is 5.32. The fourth-order valence-electron chi connectivity index (χ4n) is 3.89. The zero-order valence-corrected chi connectivity index (χ0v) is 19.4. The van der Waals surface area contributed by atoms with E-state index in [2.05, 4.69) is 0 Å². The van der Waals surface area contributed by atoms with Gasteiger partial charge in [-0.15, -0.1) is 0 Å². The highest BCUT2D eigenvalue weighted by Crippen LogP contribution is 2.36. The molecule has 1 aliphatic rings. The molecule has 34 heavy (non-hydrogen) atoms. The summed E-state index contributed by atoms with van der Waals surface area (Å²) in [5.74, 6) is 0.367. The van der Waals surface area contributed by atoms with Crippen LogP contribution in [0.25, 0.3) is 5.69 Å². The van der Waals surface area contributed by atoms with Gasteiger partial charge in [0, 0.05) is 22.7 Å². The van der Waals surface area contributed by atoms with Crippen molar-refractivity contribution in [2.45, 2.75) is 32.4 Å². The number of hydrogen-bond donors (Lipinski definition) is 0. The van der Waals surface area contributed by atoms with Crippen LogP contribution in [0.1, 0.15) is 34.5 Å². The zero-order chi connectivity index (χ0) is 23.7. The number of aromatic nitrogens is 2. The summed E-state index contributed by atoms with van der Waals surface area (Å²) in [7, 11) is 0. The molecule has 5 nitrogen and oxygen atoms in total. The monoisotopic (exact) mass is 475 g/mol. The first kappa shape index (κ1) is 22.2. The van der Waals surface area contributed by atoms with Gasteiger partial charge in [-0.05, 0) is 68.3 Å². The third kappa shape index (κ3) is 4.68. The number of amides is 1. The van der Waals surface area contributed by atoms with Gasteiger partial charge in [-0.2, -0.15) is 5.10 Å². The Bertz CT molecular complexity index is 1320. The van der Waals surface area contributed by atoms with Crippen molar-refractivity contribution in [1.82, 2.24) is 14.7 Å². The number of carbonyl (C=O) groups excluding carboxylic acids is 1. The minimum absolute atomic E-state index is 0.0292. The van der Waals surface area contributed by atoms with Crippen molar-refractivity contribution >= 4 is 17.5 Å². The summed E-state index contributed by atoms with van der Waals surface area (Å²) in [4.78, 5) is 15.2. The number of halogens is 2. The van der Waals surface area contributed by atoms with Gasteiger partial charge in [0.05, 0.1) is 23.5 Å². The molecule has 0 N–H and O–H groups in total. The molecule has 0 unspecified atom stereocenters. The number of carbonyl (C=O) groups is 1. The second kappa shape index (κ2) is 9.31. The maximum atomic E-state index is 13.9. The van der Waals surface area contributed by atoms with Crippen LogP contribution in [-0.4, -0.2) is 26.6 Å². The first-order valence-corrected chi connectivity index (χ1v) is 11.5. The van der Waals surface area contributed by atoms with Crippen LogP contribution in [0.2, 0.25) is 5.02 Å². The van der Waals surface area contributed by atoms with E-state index in [1.165, 1.54) is 12.1 Å². The van der Waals surface area contributed by atoms with E-state index < -0.39 is 5.82 Å². The second-order valence-corrected chi connectivity index (χ2v) is 8.78. The van der Waals surface area contributed by atoms with Crippen molar-refractivity contribution in [3.8, 4) is 17.3 Å². The van der Waals surface area contributed by atoms with Crippen LogP contribution in [0, 0.1) is 12.7 Å². The summed E-state index contributed by atoms with van der Waals surface area (Å²) in [6.45, 7) is 2.22. The molecule has 1 heterocycles. The molecule has 4 aromatic rings. The molecule has 5 rings (SSSR count). The largest absolute Gasteiger partial charge is 0.438 e.